The Labute approximate surface area is 98.9 Å². The molecule has 0 spiro atoms. The number of carbonyl (C=O) groups excluding carboxylic acids is 1. The first-order chi connectivity index (χ1) is 7.67. The van der Waals surface area contributed by atoms with Gasteiger partial charge in [-0.2, -0.15) is 0 Å². The van der Waals surface area contributed by atoms with E-state index < -0.39 is 0 Å². The van der Waals surface area contributed by atoms with Crippen LogP contribution in [0, 0.1) is 5.92 Å². The minimum atomic E-state index is -0.138. The Morgan fingerprint density at radius 3 is 2.62 bits per heavy atom. The van der Waals surface area contributed by atoms with Crippen molar-refractivity contribution in [3.63, 3.8) is 0 Å². The average molecular weight is 230 g/mol. The second-order valence-corrected chi connectivity index (χ2v) is 4.16. The Kier molecular flexibility index (Phi) is 9.24. The van der Waals surface area contributed by atoms with Gasteiger partial charge in [-0.3, -0.25) is 4.79 Å². The van der Waals surface area contributed by atoms with Gasteiger partial charge in [-0.1, -0.05) is 26.7 Å². The van der Waals surface area contributed by atoms with E-state index >= 15 is 0 Å². The number of nitrogens with one attached hydrogen (secondary N) is 1. The Morgan fingerprint density at radius 2 is 2.12 bits per heavy atom. The second kappa shape index (κ2) is 9.60. The highest BCUT2D eigenvalue weighted by Crippen LogP contribution is 2.12. The number of rotatable bonds is 9. The van der Waals surface area contributed by atoms with Gasteiger partial charge in [-0.05, 0) is 25.9 Å². The maximum atomic E-state index is 11.5. The molecule has 4 heteroatoms. The van der Waals surface area contributed by atoms with Crippen LogP contribution in [0.2, 0.25) is 0 Å². The first-order valence-corrected chi connectivity index (χ1v) is 6.18. The molecule has 2 atom stereocenters. The van der Waals surface area contributed by atoms with Gasteiger partial charge in [-0.15, -0.1) is 0 Å². The van der Waals surface area contributed by atoms with Crippen LogP contribution in [0.3, 0.4) is 0 Å². The molecule has 0 aliphatic heterocycles. The van der Waals surface area contributed by atoms with Crippen LogP contribution in [-0.4, -0.2) is 32.2 Å². The number of hydrogen-bond donors (Lipinski definition) is 2. The first-order valence-electron chi connectivity index (χ1n) is 6.18. The molecule has 4 nitrogen and oxygen atoms in total. The van der Waals surface area contributed by atoms with Gasteiger partial charge in [0.2, 0.25) is 0 Å². The molecule has 0 aliphatic rings. The van der Waals surface area contributed by atoms with Crippen LogP contribution >= 0.6 is 0 Å². The van der Waals surface area contributed by atoms with Crippen molar-refractivity contribution in [1.82, 2.24) is 5.32 Å². The van der Waals surface area contributed by atoms with Crippen LogP contribution in [0.25, 0.3) is 0 Å². The van der Waals surface area contributed by atoms with Crippen molar-refractivity contribution in [2.75, 3.05) is 20.2 Å². The van der Waals surface area contributed by atoms with E-state index in [1.165, 1.54) is 7.11 Å². The van der Waals surface area contributed by atoms with E-state index in [1.54, 1.807) is 0 Å². The number of methoxy groups -OCH3 is 1. The van der Waals surface area contributed by atoms with Gasteiger partial charge in [0.1, 0.15) is 0 Å². The molecular weight excluding hydrogens is 204 g/mol. The summed E-state index contributed by atoms with van der Waals surface area (Å²) in [5.41, 5.74) is 5.45. The van der Waals surface area contributed by atoms with Crippen molar-refractivity contribution < 1.29 is 9.53 Å². The quantitative estimate of drug-likeness (QED) is 0.463. The van der Waals surface area contributed by atoms with Gasteiger partial charge in [0.25, 0.3) is 0 Å². The van der Waals surface area contributed by atoms with E-state index in [-0.39, 0.29) is 17.9 Å². The van der Waals surface area contributed by atoms with Crippen LogP contribution in [-0.2, 0) is 9.53 Å². The molecule has 3 N–H and O–H groups in total. The third-order valence-corrected chi connectivity index (χ3v) is 2.83. The van der Waals surface area contributed by atoms with Crippen molar-refractivity contribution in [2.24, 2.45) is 11.7 Å². The molecule has 0 aliphatic carbocycles. The van der Waals surface area contributed by atoms with Crippen LogP contribution < -0.4 is 11.1 Å². The third kappa shape index (κ3) is 6.08. The van der Waals surface area contributed by atoms with Gasteiger partial charge in [0.15, 0.2) is 0 Å². The highest BCUT2D eigenvalue weighted by atomic mass is 16.5. The Bertz CT molecular complexity index is 186. The van der Waals surface area contributed by atoms with Crippen molar-refractivity contribution >= 4 is 5.97 Å². The molecule has 0 aromatic carbocycles. The van der Waals surface area contributed by atoms with Gasteiger partial charge in [-0.25, -0.2) is 0 Å². The topological polar surface area (TPSA) is 64.3 Å². The summed E-state index contributed by atoms with van der Waals surface area (Å²) in [6.07, 6.45) is 4.22. The van der Waals surface area contributed by atoms with Gasteiger partial charge in [0.05, 0.1) is 13.0 Å². The van der Waals surface area contributed by atoms with Crippen LogP contribution in [0.15, 0.2) is 0 Å². The second-order valence-electron chi connectivity index (χ2n) is 4.16. The van der Waals surface area contributed by atoms with E-state index in [4.69, 9.17) is 10.5 Å². The zero-order chi connectivity index (χ0) is 12.4. The molecule has 0 heterocycles. The fraction of sp³-hybridized carbons (Fsp3) is 0.917. The average Bonchev–Trinajstić information content (AvgIpc) is 2.31. The Hall–Kier alpha value is -0.610. The minimum Gasteiger partial charge on any atom is -0.469 e. The van der Waals surface area contributed by atoms with E-state index in [0.717, 1.165) is 32.2 Å². The molecular formula is C12H26N2O2. The van der Waals surface area contributed by atoms with E-state index in [0.29, 0.717) is 6.54 Å². The zero-order valence-electron chi connectivity index (χ0n) is 10.8. The number of esters is 1. The van der Waals surface area contributed by atoms with Gasteiger partial charge in [0, 0.05) is 6.04 Å². The van der Waals surface area contributed by atoms with E-state index in [2.05, 4.69) is 12.2 Å². The number of unbranched alkanes of at least 4 members (excludes halogenated alkanes) is 1. The number of ether oxygens (including phenoxy) is 1. The maximum Gasteiger partial charge on any atom is 0.309 e. The normalized spacial score (nSPS) is 14.5. The molecule has 0 saturated carbocycles. The van der Waals surface area contributed by atoms with Gasteiger partial charge < -0.3 is 15.8 Å². The van der Waals surface area contributed by atoms with Crippen molar-refractivity contribution in [3.8, 4) is 0 Å². The fourth-order valence-corrected chi connectivity index (χ4v) is 1.69. The largest absolute Gasteiger partial charge is 0.469 e. The predicted octanol–water partition coefficient (Wildman–Crippen LogP) is 1.29. The SMILES string of the molecule is CCCCC(NCCCN)C(C)C(=O)OC. The summed E-state index contributed by atoms with van der Waals surface area (Å²) in [4.78, 5) is 11.5. The third-order valence-electron chi connectivity index (χ3n) is 2.83. The summed E-state index contributed by atoms with van der Waals surface area (Å²) in [7, 11) is 1.44. The fourth-order valence-electron chi connectivity index (χ4n) is 1.69. The van der Waals surface area contributed by atoms with Crippen LogP contribution in [0.5, 0.6) is 0 Å². The summed E-state index contributed by atoms with van der Waals surface area (Å²) in [6, 6.07) is 0.207. The summed E-state index contributed by atoms with van der Waals surface area (Å²) < 4.78 is 4.78. The zero-order valence-corrected chi connectivity index (χ0v) is 10.8. The van der Waals surface area contributed by atoms with E-state index in [9.17, 15) is 4.79 Å². The van der Waals surface area contributed by atoms with Crippen LogP contribution in [0.1, 0.15) is 39.5 Å². The molecule has 0 rings (SSSR count). The lowest BCUT2D eigenvalue weighted by atomic mass is 9.96. The van der Waals surface area contributed by atoms with Crippen LogP contribution in [0.4, 0.5) is 0 Å². The summed E-state index contributed by atoms with van der Waals surface area (Å²) >= 11 is 0. The highest BCUT2D eigenvalue weighted by Gasteiger charge is 2.23. The lowest BCUT2D eigenvalue weighted by Gasteiger charge is -2.23. The highest BCUT2D eigenvalue weighted by molar-refractivity contribution is 5.72. The van der Waals surface area contributed by atoms with E-state index in [1.807, 2.05) is 6.92 Å². The molecule has 0 bridgehead atoms. The molecule has 2 unspecified atom stereocenters. The maximum absolute atomic E-state index is 11.5. The molecule has 96 valence electrons. The summed E-state index contributed by atoms with van der Waals surface area (Å²) in [5, 5.41) is 3.39. The number of hydrogen-bond acceptors (Lipinski definition) is 4. The monoisotopic (exact) mass is 230 g/mol. The van der Waals surface area contributed by atoms with Crippen molar-refractivity contribution in [3.05, 3.63) is 0 Å². The molecule has 0 amide bonds. The molecule has 0 aromatic rings. The molecule has 0 fully saturated rings. The minimum absolute atomic E-state index is 0.0886. The number of carbonyl (C=O) groups is 1. The lowest BCUT2D eigenvalue weighted by molar-refractivity contribution is -0.145. The predicted molar refractivity (Wildman–Crippen MR) is 66.2 cm³/mol. The summed E-state index contributed by atoms with van der Waals surface area (Å²) in [6.45, 7) is 5.62. The molecule has 16 heavy (non-hydrogen) atoms. The van der Waals surface area contributed by atoms with Crippen molar-refractivity contribution in [1.29, 1.82) is 0 Å². The number of nitrogens with two attached hydrogens (primary N) is 1. The smallest absolute Gasteiger partial charge is 0.309 e. The molecule has 0 radical (unpaired) electrons. The Balaban J connectivity index is 4.11. The molecule has 0 aromatic heterocycles. The first kappa shape index (κ1) is 15.4. The van der Waals surface area contributed by atoms with Gasteiger partial charge >= 0.3 is 5.97 Å². The standard InChI is InChI=1S/C12H26N2O2/c1-4-5-7-11(14-9-6-8-13)10(2)12(15)16-3/h10-11,14H,4-9,13H2,1-3H3. The lowest BCUT2D eigenvalue weighted by Crippen LogP contribution is -2.40. The molecule has 0 saturated heterocycles. The summed E-state index contributed by atoms with van der Waals surface area (Å²) in [5.74, 6) is -0.226. The Morgan fingerprint density at radius 1 is 1.44 bits per heavy atom. The van der Waals surface area contributed by atoms with Crippen molar-refractivity contribution in [2.45, 2.75) is 45.6 Å².